The van der Waals surface area contributed by atoms with Crippen LogP contribution < -0.4 is 9.62 Å². The zero-order valence-corrected chi connectivity index (χ0v) is 13.7. The topological polar surface area (TPSA) is 58.4 Å². The Morgan fingerprint density at radius 2 is 1.88 bits per heavy atom. The number of nitrogens with zero attached hydrogens (tertiary/aromatic N) is 2. The third-order valence-electron chi connectivity index (χ3n) is 3.46. The third-order valence-corrected chi connectivity index (χ3v) is 3.83. The maximum Gasteiger partial charge on any atom is 0.416 e. The highest BCUT2D eigenvalue weighted by Gasteiger charge is 2.30. The third kappa shape index (κ3) is 3.55. The van der Waals surface area contributed by atoms with Crippen molar-refractivity contribution in [2.24, 2.45) is 0 Å². The van der Waals surface area contributed by atoms with Crippen molar-refractivity contribution in [2.75, 3.05) is 9.62 Å². The van der Waals surface area contributed by atoms with Crippen LogP contribution in [0.25, 0.3) is 11.0 Å². The average Bonchev–Trinajstić information content (AvgIpc) is 2.96. The average molecular weight is 367 g/mol. The van der Waals surface area contributed by atoms with E-state index in [0.29, 0.717) is 11.0 Å². The van der Waals surface area contributed by atoms with Crippen molar-refractivity contribution < 1.29 is 22.5 Å². The Labute approximate surface area is 145 Å². The van der Waals surface area contributed by atoms with E-state index in [1.165, 1.54) is 0 Å². The quantitative estimate of drug-likeness (QED) is 0.624. The number of alkyl halides is 3. The maximum absolute atomic E-state index is 12.6. The van der Waals surface area contributed by atoms with Gasteiger partial charge >= 0.3 is 12.2 Å². The molecule has 0 fully saturated rings. The van der Waals surface area contributed by atoms with E-state index in [0.717, 1.165) is 34.1 Å². The lowest BCUT2D eigenvalue weighted by Crippen LogP contribution is -2.27. The summed E-state index contributed by atoms with van der Waals surface area (Å²) in [5.74, 6) is 0.187. The van der Waals surface area contributed by atoms with Crippen molar-refractivity contribution >= 4 is 41.3 Å². The number of nitrogens with one attached hydrogen (secondary N) is 1. The van der Waals surface area contributed by atoms with E-state index in [1.807, 2.05) is 13.0 Å². The van der Waals surface area contributed by atoms with Gasteiger partial charge < -0.3 is 9.84 Å². The van der Waals surface area contributed by atoms with Crippen molar-refractivity contribution in [3.63, 3.8) is 0 Å². The molecule has 0 spiro atoms. The molecule has 2 aromatic carbocycles. The van der Waals surface area contributed by atoms with E-state index < -0.39 is 17.8 Å². The van der Waals surface area contributed by atoms with Gasteiger partial charge in [0.1, 0.15) is 0 Å². The number of hydrogen-bond donors (Lipinski definition) is 2. The number of hydrogen-bond acceptors (Lipinski definition) is 4. The SMILES string of the molecule is Cc1ccc2onc(N(S)C(=O)Nc3ccc(C(F)(F)F)cc3)c2c1. The Hall–Kier alpha value is -2.68. The molecule has 0 radical (unpaired) electrons. The molecule has 0 saturated heterocycles. The van der Waals surface area contributed by atoms with Crippen LogP contribution in [0.3, 0.4) is 0 Å². The zero-order valence-electron chi connectivity index (χ0n) is 12.8. The van der Waals surface area contributed by atoms with Crippen LogP contribution in [0.15, 0.2) is 47.0 Å². The number of carbonyl (C=O) groups excluding carboxylic acids is 1. The van der Waals surface area contributed by atoms with E-state index in [9.17, 15) is 18.0 Å². The standard InChI is InChI=1S/C16H12F3N3O2S/c1-9-2-7-13-12(8-9)14(21-24-13)22(25)15(23)20-11-5-3-10(4-6-11)16(17,18)19/h2-8,25H,1H3,(H,20,23). The van der Waals surface area contributed by atoms with E-state index in [1.54, 1.807) is 12.1 Å². The summed E-state index contributed by atoms with van der Waals surface area (Å²) in [7, 11) is 0. The summed E-state index contributed by atoms with van der Waals surface area (Å²) in [6, 6.07) is 8.75. The van der Waals surface area contributed by atoms with Gasteiger partial charge in [0, 0.05) is 5.69 Å². The first-order valence-corrected chi connectivity index (χ1v) is 7.49. The second kappa shape index (κ2) is 6.32. The fourth-order valence-corrected chi connectivity index (χ4v) is 2.40. The van der Waals surface area contributed by atoms with Gasteiger partial charge in [-0.25, -0.2) is 9.10 Å². The lowest BCUT2D eigenvalue weighted by molar-refractivity contribution is -0.137. The summed E-state index contributed by atoms with van der Waals surface area (Å²) in [4.78, 5) is 12.3. The number of amides is 2. The predicted molar refractivity (Wildman–Crippen MR) is 90.7 cm³/mol. The molecule has 130 valence electrons. The van der Waals surface area contributed by atoms with Crippen molar-refractivity contribution in [3.8, 4) is 0 Å². The molecule has 1 N–H and O–H groups in total. The van der Waals surface area contributed by atoms with Gasteiger partial charge in [0.15, 0.2) is 11.4 Å². The fraction of sp³-hybridized carbons (Fsp3) is 0.125. The molecule has 0 unspecified atom stereocenters. The lowest BCUT2D eigenvalue weighted by Gasteiger charge is -2.14. The molecule has 3 aromatic rings. The predicted octanol–water partition coefficient (Wildman–Crippen LogP) is 5.04. The monoisotopic (exact) mass is 367 g/mol. The van der Waals surface area contributed by atoms with Gasteiger partial charge in [-0.2, -0.15) is 13.2 Å². The molecule has 0 aliphatic carbocycles. The highest BCUT2D eigenvalue weighted by molar-refractivity contribution is 7.82. The summed E-state index contributed by atoms with van der Waals surface area (Å²) in [6.45, 7) is 1.88. The molecule has 25 heavy (non-hydrogen) atoms. The highest BCUT2D eigenvalue weighted by Crippen LogP contribution is 2.31. The number of aromatic nitrogens is 1. The Bertz CT molecular complexity index is 923. The van der Waals surface area contributed by atoms with Gasteiger partial charge in [-0.15, -0.1) is 0 Å². The minimum atomic E-state index is -4.43. The Balaban J connectivity index is 1.79. The molecule has 0 aliphatic heterocycles. The van der Waals surface area contributed by atoms with Crippen LogP contribution in [0.1, 0.15) is 11.1 Å². The normalized spacial score (nSPS) is 11.6. The summed E-state index contributed by atoms with van der Waals surface area (Å²) in [6.07, 6.45) is -4.43. The Morgan fingerprint density at radius 3 is 2.52 bits per heavy atom. The van der Waals surface area contributed by atoms with Crippen molar-refractivity contribution in [3.05, 3.63) is 53.6 Å². The van der Waals surface area contributed by atoms with Gasteiger partial charge in [0.2, 0.25) is 0 Å². The van der Waals surface area contributed by atoms with Crippen LogP contribution in [0.5, 0.6) is 0 Å². The summed E-state index contributed by atoms with van der Waals surface area (Å²) in [5.41, 5.74) is 0.830. The Kier molecular flexibility index (Phi) is 4.34. The van der Waals surface area contributed by atoms with Crippen molar-refractivity contribution in [1.29, 1.82) is 0 Å². The molecule has 9 heteroatoms. The minimum absolute atomic E-state index is 0.187. The fourth-order valence-electron chi connectivity index (χ4n) is 2.21. The number of rotatable bonds is 2. The number of carbonyl (C=O) groups is 1. The molecule has 1 heterocycles. The number of urea groups is 1. The second-order valence-corrected chi connectivity index (χ2v) is 5.72. The molecule has 0 bridgehead atoms. The number of fused-ring (bicyclic) bond motifs is 1. The van der Waals surface area contributed by atoms with Crippen LogP contribution in [0, 0.1) is 6.92 Å². The molecule has 1 aromatic heterocycles. The maximum atomic E-state index is 12.6. The first-order chi connectivity index (χ1) is 11.8. The van der Waals surface area contributed by atoms with Crippen LogP contribution in [-0.4, -0.2) is 11.2 Å². The zero-order chi connectivity index (χ0) is 18.2. The molecule has 0 saturated carbocycles. The van der Waals surface area contributed by atoms with Gasteiger partial charge in [-0.3, -0.25) is 0 Å². The number of halogens is 3. The molecule has 3 rings (SSSR count). The number of anilines is 2. The Morgan fingerprint density at radius 1 is 1.20 bits per heavy atom. The number of thiol groups is 1. The first kappa shape index (κ1) is 17.2. The highest BCUT2D eigenvalue weighted by atomic mass is 32.1. The molecule has 5 nitrogen and oxygen atoms in total. The molecule has 0 atom stereocenters. The van der Waals surface area contributed by atoms with Crippen molar-refractivity contribution in [2.45, 2.75) is 13.1 Å². The largest absolute Gasteiger partial charge is 0.416 e. The van der Waals surface area contributed by atoms with Crippen LogP contribution >= 0.6 is 12.8 Å². The summed E-state index contributed by atoms with van der Waals surface area (Å²) in [5, 5.41) is 6.85. The van der Waals surface area contributed by atoms with Gasteiger partial charge in [-0.1, -0.05) is 29.6 Å². The van der Waals surface area contributed by atoms with Gasteiger partial charge in [0.05, 0.1) is 10.9 Å². The van der Waals surface area contributed by atoms with Crippen molar-refractivity contribution in [1.82, 2.24) is 5.16 Å². The van der Waals surface area contributed by atoms with E-state index in [-0.39, 0.29) is 11.5 Å². The minimum Gasteiger partial charge on any atom is -0.354 e. The van der Waals surface area contributed by atoms with E-state index >= 15 is 0 Å². The number of benzene rings is 2. The molecular formula is C16H12F3N3O2S. The van der Waals surface area contributed by atoms with E-state index in [4.69, 9.17) is 4.52 Å². The summed E-state index contributed by atoms with van der Waals surface area (Å²) >= 11 is 4.11. The van der Waals surface area contributed by atoms with Crippen LogP contribution in [-0.2, 0) is 6.18 Å². The molecular weight excluding hydrogens is 355 g/mol. The van der Waals surface area contributed by atoms with Gasteiger partial charge in [0.25, 0.3) is 0 Å². The molecule has 0 aliphatic rings. The lowest BCUT2D eigenvalue weighted by atomic mass is 10.2. The smallest absolute Gasteiger partial charge is 0.354 e. The van der Waals surface area contributed by atoms with Crippen LogP contribution in [0.4, 0.5) is 29.5 Å². The van der Waals surface area contributed by atoms with Gasteiger partial charge in [-0.05, 0) is 43.3 Å². The number of aryl methyl sites for hydroxylation is 1. The second-order valence-electron chi connectivity index (χ2n) is 5.32. The van der Waals surface area contributed by atoms with E-state index in [2.05, 4.69) is 23.3 Å². The van der Waals surface area contributed by atoms with Crippen LogP contribution in [0.2, 0.25) is 0 Å². The summed E-state index contributed by atoms with van der Waals surface area (Å²) < 4.78 is 43.7. The molecule has 2 amide bonds. The first-order valence-electron chi connectivity index (χ1n) is 7.09.